The van der Waals surface area contributed by atoms with Crippen molar-refractivity contribution in [3.63, 3.8) is 0 Å². The maximum atomic E-state index is 5.17. The molecule has 0 spiro atoms. The topological polar surface area (TPSA) is 56.5 Å². The number of pyridine rings is 1. The standard InChI is InChI=1S/C42H33N5/c1-42(2,3)32-19-20-34-33-16-10-11-17-36(33)47(38(34)27-32)37-21-18-31(28-22-24-43-25-23-28)26-35(37)41-45-39(29-12-6-4-7-13-29)44-40(46-41)30-14-8-5-9-15-30/h4-27H,1-3H3. The first-order valence-corrected chi connectivity index (χ1v) is 15.9. The minimum absolute atomic E-state index is 0.00706. The Bertz CT molecular complexity index is 2310. The summed E-state index contributed by atoms with van der Waals surface area (Å²) in [6.45, 7) is 6.78. The Balaban J connectivity index is 1.47. The van der Waals surface area contributed by atoms with Crippen LogP contribution in [0.3, 0.4) is 0 Å². The maximum absolute atomic E-state index is 5.17. The van der Waals surface area contributed by atoms with Crippen molar-refractivity contribution in [2.75, 3.05) is 0 Å². The molecule has 0 amide bonds. The second kappa shape index (κ2) is 11.5. The molecule has 8 aromatic rings. The highest BCUT2D eigenvalue weighted by atomic mass is 15.1. The summed E-state index contributed by atoms with van der Waals surface area (Å²) in [4.78, 5) is 19.6. The molecule has 5 aromatic carbocycles. The van der Waals surface area contributed by atoms with E-state index in [9.17, 15) is 0 Å². The molecule has 0 fully saturated rings. The van der Waals surface area contributed by atoms with Gasteiger partial charge in [-0.2, -0.15) is 0 Å². The molecule has 0 unspecified atom stereocenters. The predicted molar refractivity (Wildman–Crippen MR) is 192 cm³/mol. The van der Waals surface area contributed by atoms with E-state index in [1.165, 1.54) is 16.3 Å². The zero-order valence-electron chi connectivity index (χ0n) is 26.6. The van der Waals surface area contributed by atoms with E-state index < -0.39 is 0 Å². The summed E-state index contributed by atoms with van der Waals surface area (Å²) in [6, 6.07) is 46.4. The average molecular weight is 608 g/mol. The van der Waals surface area contributed by atoms with E-state index in [1.54, 1.807) is 0 Å². The SMILES string of the molecule is CC(C)(C)c1ccc2c3ccccc3n(-c3ccc(-c4ccncc4)cc3-c3nc(-c4ccccc4)nc(-c4ccccc4)n3)c2c1. The van der Waals surface area contributed by atoms with E-state index in [4.69, 9.17) is 15.0 Å². The van der Waals surface area contributed by atoms with Gasteiger partial charge in [0.2, 0.25) is 0 Å². The number of aromatic nitrogens is 5. The van der Waals surface area contributed by atoms with E-state index in [2.05, 4.69) is 91.0 Å². The lowest BCUT2D eigenvalue weighted by Gasteiger charge is -2.20. The Kier molecular flexibility index (Phi) is 6.95. The molecule has 5 heteroatoms. The van der Waals surface area contributed by atoms with Crippen LogP contribution in [0.1, 0.15) is 26.3 Å². The van der Waals surface area contributed by atoms with Gasteiger partial charge in [0.25, 0.3) is 0 Å². The van der Waals surface area contributed by atoms with Crippen molar-refractivity contribution in [3.05, 3.63) is 151 Å². The van der Waals surface area contributed by atoms with Crippen molar-refractivity contribution in [2.24, 2.45) is 0 Å². The molecule has 5 nitrogen and oxygen atoms in total. The molecular formula is C42H33N5. The number of hydrogen-bond acceptors (Lipinski definition) is 4. The van der Waals surface area contributed by atoms with Crippen molar-refractivity contribution in [2.45, 2.75) is 26.2 Å². The van der Waals surface area contributed by atoms with Gasteiger partial charge in [0.15, 0.2) is 17.5 Å². The molecule has 3 heterocycles. The minimum Gasteiger partial charge on any atom is -0.308 e. The molecular weight excluding hydrogens is 574 g/mol. The van der Waals surface area contributed by atoms with Crippen molar-refractivity contribution < 1.29 is 0 Å². The van der Waals surface area contributed by atoms with Crippen LogP contribution < -0.4 is 0 Å². The maximum Gasteiger partial charge on any atom is 0.166 e. The first kappa shape index (κ1) is 28.5. The predicted octanol–water partition coefficient (Wildman–Crippen LogP) is 10.3. The molecule has 0 aliphatic heterocycles. The molecule has 0 atom stereocenters. The van der Waals surface area contributed by atoms with Crippen molar-refractivity contribution in [3.8, 4) is 51.0 Å². The Morgan fingerprint density at radius 1 is 0.468 bits per heavy atom. The van der Waals surface area contributed by atoms with Gasteiger partial charge in [0.1, 0.15) is 0 Å². The highest BCUT2D eigenvalue weighted by Gasteiger charge is 2.22. The fourth-order valence-electron chi connectivity index (χ4n) is 6.26. The van der Waals surface area contributed by atoms with Crippen LogP contribution in [0.5, 0.6) is 0 Å². The summed E-state index contributed by atoms with van der Waals surface area (Å²) in [5.74, 6) is 1.88. The van der Waals surface area contributed by atoms with Gasteiger partial charge >= 0.3 is 0 Å². The highest BCUT2D eigenvalue weighted by Crippen LogP contribution is 2.39. The number of benzene rings is 5. The number of hydrogen-bond donors (Lipinski definition) is 0. The van der Waals surface area contributed by atoms with E-state index in [-0.39, 0.29) is 5.41 Å². The molecule has 0 aliphatic carbocycles. The van der Waals surface area contributed by atoms with Gasteiger partial charge in [-0.15, -0.1) is 0 Å². The summed E-state index contributed by atoms with van der Waals surface area (Å²) in [7, 11) is 0. The Morgan fingerprint density at radius 3 is 1.72 bits per heavy atom. The summed E-state index contributed by atoms with van der Waals surface area (Å²) >= 11 is 0. The molecule has 226 valence electrons. The molecule has 0 radical (unpaired) electrons. The fourth-order valence-corrected chi connectivity index (χ4v) is 6.26. The van der Waals surface area contributed by atoms with Crippen LogP contribution in [-0.2, 0) is 5.41 Å². The second-order valence-electron chi connectivity index (χ2n) is 12.8. The molecule has 0 saturated heterocycles. The molecule has 0 N–H and O–H groups in total. The lowest BCUT2D eigenvalue weighted by molar-refractivity contribution is 0.591. The Labute approximate surface area is 274 Å². The number of rotatable bonds is 5. The quantitative estimate of drug-likeness (QED) is 0.195. The fraction of sp³-hybridized carbons (Fsp3) is 0.0952. The first-order valence-electron chi connectivity index (χ1n) is 15.9. The molecule has 0 saturated carbocycles. The smallest absolute Gasteiger partial charge is 0.166 e. The van der Waals surface area contributed by atoms with Crippen LogP contribution in [-0.4, -0.2) is 24.5 Å². The minimum atomic E-state index is -0.00706. The van der Waals surface area contributed by atoms with Gasteiger partial charge in [-0.25, -0.2) is 15.0 Å². The van der Waals surface area contributed by atoms with Gasteiger partial charge in [-0.1, -0.05) is 118 Å². The van der Waals surface area contributed by atoms with Crippen LogP contribution in [0.4, 0.5) is 0 Å². The zero-order valence-corrected chi connectivity index (χ0v) is 26.6. The van der Waals surface area contributed by atoms with E-state index >= 15 is 0 Å². The third kappa shape index (κ3) is 5.26. The second-order valence-corrected chi connectivity index (χ2v) is 12.8. The normalized spacial score (nSPS) is 11.7. The van der Waals surface area contributed by atoms with Gasteiger partial charge in [-0.05, 0) is 58.5 Å². The number of nitrogens with zero attached hydrogens (tertiary/aromatic N) is 5. The third-order valence-electron chi connectivity index (χ3n) is 8.73. The summed E-state index contributed by atoms with van der Waals surface area (Å²) in [6.07, 6.45) is 3.65. The highest BCUT2D eigenvalue weighted by molar-refractivity contribution is 6.10. The van der Waals surface area contributed by atoms with Gasteiger partial charge in [-0.3, -0.25) is 4.98 Å². The molecule has 47 heavy (non-hydrogen) atoms. The summed E-state index contributed by atoms with van der Waals surface area (Å²) in [5.41, 5.74) is 9.48. The van der Waals surface area contributed by atoms with Gasteiger partial charge < -0.3 is 4.57 Å². The van der Waals surface area contributed by atoms with Crippen molar-refractivity contribution in [1.29, 1.82) is 0 Å². The monoisotopic (exact) mass is 607 g/mol. The van der Waals surface area contributed by atoms with Gasteiger partial charge in [0, 0.05) is 39.9 Å². The van der Waals surface area contributed by atoms with E-state index in [0.717, 1.165) is 44.5 Å². The third-order valence-corrected chi connectivity index (χ3v) is 8.73. The van der Waals surface area contributed by atoms with Crippen LogP contribution in [0.15, 0.2) is 146 Å². The average Bonchev–Trinajstić information content (AvgIpc) is 3.45. The molecule has 0 bridgehead atoms. The van der Waals surface area contributed by atoms with Crippen molar-refractivity contribution in [1.82, 2.24) is 24.5 Å². The van der Waals surface area contributed by atoms with Crippen molar-refractivity contribution >= 4 is 21.8 Å². The Hall–Kier alpha value is -5.94. The summed E-state index contributed by atoms with van der Waals surface area (Å²) in [5, 5.41) is 2.42. The molecule has 3 aromatic heterocycles. The van der Waals surface area contributed by atoms with E-state index in [0.29, 0.717) is 17.5 Å². The lowest BCUT2D eigenvalue weighted by atomic mass is 9.86. The molecule has 8 rings (SSSR count). The lowest BCUT2D eigenvalue weighted by Crippen LogP contribution is -2.11. The van der Waals surface area contributed by atoms with Crippen LogP contribution >= 0.6 is 0 Å². The largest absolute Gasteiger partial charge is 0.308 e. The number of para-hydroxylation sites is 1. The van der Waals surface area contributed by atoms with E-state index in [1.807, 2.05) is 85.2 Å². The first-order chi connectivity index (χ1) is 22.9. The van der Waals surface area contributed by atoms with Gasteiger partial charge in [0.05, 0.1) is 16.7 Å². The number of fused-ring (bicyclic) bond motifs is 3. The zero-order chi connectivity index (χ0) is 32.0. The molecule has 0 aliphatic rings. The van der Waals surface area contributed by atoms with Crippen LogP contribution in [0.2, 0.25) is 0 Å². The Morgan fingerprint density at radius 2 is 1.06 bits per heavy atom. The van der Waals surface area contributed by atoms with Crippen LogP contribution in [0.25, 0.3) is 72.8 Å². The summed E-state index contributed by atoms with van der Waals surface area (Å²) < 4.78 is 2.37. The van der Waals surface area contributed by atoms with Crippen LogP contribution in [0, 0.1) is 0 Å².